The first kappa shape index (κ1) is 22.0. The van der Waals surface area contributed by atoms with Gasteiger partial charge in [-0.1, -0.05) is 30.3 Å². The molecule has 0 spiro atoms. The van der Waals surface area contributed by atoms with Gasteiger partial charge in [-0.25, -0.2) is 8.42 Å². The first-order valence-electron chi connectivity index (χ1n) is 7.22. The molecule has 0 saturated carbocycles. The molecular weight excluding hydrogens is 412 g/mol. The van der Waals surface area contributed by atoms with Crippen LogP contribution in [0.3, 0.4) is 0 Å². The van der Waals surface area contributed by atoms with E-state index in [-0.39, 0.29) is 18.9 Å². The molecule has 0 aliphatic carbocycles. The highest BCUT2D eigenvalue weighted by Crippen LogP contribution is 2.28. The second-order valence-electron chi connectivity index (χ2n) is 5.14. The van der Waals surface area contributed by atoms with E-state index in [0.717, 1.165) is 0 Å². The maximum Gasteiger partial charge on any atom is 0.218 e. The van der Waals surface area contributed by atoms with Gasteiger partial charge >= 0.3 is 0 Å². The Hall–Kier alpha value is -1.33. The Bertz CT molecular complexity index is 697. The summed E-state index contributed by atoms with van der Waals surface area (Å²) in [4.78, 5) is 11.3. The molecule has 1 aromatic rings. The third-order valence-corrected chi connectivity index (χ3v) is 4.29. The number of carboxylic acids is 1. The summed E-state index contributed by atoms with van der Waals surface area (Å²) in [7, 11) is -5.17. The summed E-state index contributed by atoms with van der Waals surface area (Å²) in [5.41, 5.74) is 0.656. The molecule has 2 rings (SSSR count). The van der Waals surface area contributed by atoms with Crippen LogP contribution in [-0.2, 0) is 49.0 Å². The molecule has 2 unspecified atom stereocenters. The Balaban J connectivity index is 2.21. The second-order valence-corrected chi connectivity index (χ2v) is 6.62. The van der Waals surface area contributed by atoms with E-state index in [1.807, 2.05) is 0 Å². The van der Waals surface area contributed by atoms with Crippen LogP contribution in [0.25, 0.3) is 0 Å². The highest BCUT2D eigenvalue weighted by atomic mass is 32.3. The van der Waals surface area contributed by atoms with Gasteiger partial charge in [-0.3, -0.25) is 13.4 Å². The highest BCUT2D eigenvalue weighted by Gasteiger charge is 2.45. The minimum absolute atomic E-state index is 0.0426. The summed E-state index contributed by atoms with van der Waals surface area (Å²) in [5.74, 6) is -1.71. The van der Waals surface area contributed by atoms with E-state index >= 15 is 0 Å². The molecule has 1 heterocycles. The van der Waals surface area contributed by atoms with Crippen LogP contribution in [0.15, 0.2) is 30.3 Å². The largest absolute Gasteiger partial charge is 0.726 e. The predicted molar refractivity (Wildman–Crippen MR) is 79.0 cm³/mol. The Morgan fingerprint density at radius 1 is 1.26 bits per heavy atom. The van der Waals surface area contributed by atoms with Crippen LogP contribution in [0.1, 0.15) is 5.56 Å². The fourth-order valence-corrected chi connectivity index (χ4v) is 3.18. The van der Waals surface area contributed by atoms with Crippen LogP contribution >= 0.6 is 12.3 Å². The summed E-state index contributed by atoms with van der Waals surface area (Å²) in [5, 5.41) is 24.2. The van der Waals surface area contributed by atoms with Crippen molar-refractivity contribution < 1.29 is 55.3 Å². The second kappa shape index (κ2) is 10.3. The number of hydrogen-bond donors (Lipinski definition) is 0. The predicted octanol–water partition coefficient (Wildman–Crippen LogP) is -2.26. The molecule has 0 radical (unpaired) electrons. The van der Waals surface area contributed by atoms with Crippen molar-refractivity contribution in [2.75, 3.05) is 6.61 Å². The van der Waals surface area contributed by atoms with Crippen LogP contribution in [-0.4, -0.2) is 50.0 Å². The average Bonchev–Trinajstić information content (AvgIpc) is 2.60. The lowest BCUT2D eigenvalue weighted by Crippen LogP contribution is -2.60. The summed E-state index contributed by atoms with van der Waals surface area (Å²) >= 11 is -0.0426. The van der Waals surface area contributed by atoms with E-state index in [0.29, 0.717) is 5.56 Å². The van der Waals surface area contributed by atoms with Crippen molar-refractivity contribution in [3.05, 3.63) is 35.9 Å². The zero-order valence-corrected chi connectivity index (χ0v) is 15.0. The van der Waals surface area contributed by atoms with Gasteiger partial charge < -0.3 is 29.2 Å². The van der Waals surface area contributed by atoms with Gasteiger partial charge in [0.25, 0.3) is 0 Å². The van der Waals surface area contributed by atoms with Crippen LogP contribution in [0.2, 0.25) is 0 Å². The maximum absolute atomic E-state index is 11.3. The van der Waals surface area contributed by atoms with E-state index in [1.165, 1.54) is 0 Å². The smallest absolute Gasteiger partial charge is 0.218 e. The number of aliphatic carboxylic acids is 1. The lowest BCUT2D eigenvalue weighted by atomic mass is 10.00. The summed E-state index contributed by atoms with van der Waals surface area (Å²) in [6.07, 6.45) is -6.24. The Morgan fingerprint density at radius 2 is 1.96 bits per heavy atom. The van der Waals surface area contributed by atoms with E-state index in [9.17, 15) is 28.1 Å². The van der Waals surface area contributed by atoms with E-state index < -0.39 is 47.4 Å². The van der Waals surface area contributed by atoms with Crippen LogP contribution < -0.4 is 10.4 Å². The lowest BCUT2D eigenvalue weighted by molar-refractivity contribution is -0.777. The molecule has 1 fully saturated rings. The van der Waals surface area contributed by atoms with Crippen molar-refractivity contribution in [3.8, 4) is 0 Å². The molecule has 14 heteroatoms. The van der Waals surface area contributed by atoms with Crippen LogP contribution in [0, 0.1) is 0 Å². The van der Waals surface area contributed by atoms with Crippen molar-refractivity contribution in [3.63, 3.8) is 0 Å². The summed E-state index contributed by atoms with van der Waals surface area (Å²) in [6, 6.07) is 8.56. The SMILES string of the molecule is O=C([O-])C1OCC(OS(=O)(=O)[O-])[C@@H](OCc2ccccc2)[C@H]1OSOO[O-]. The molecule has 0 N–H and O–H groups in total. The van der Waals surface area contributed by atoms with Gasteiger partial charge in [-0.05, 0) is 5.56 Å². The molecule has 0 bridgehead atoms. The minimum atomic E-state index is -5.17. The molecule has 152 valence electrons. The fourth-order valence-electron chi connectivity index (χ4n) is 2.35. The molecule has 0 aromatic heterocycles. The van der Waals surface area contributed by atoms with Crippen LogP contribution in [0.4, 0.5) is 0 Å². The highest BCUT2D eigenvalue weighted by molar-refractivity contribution is 7.89. The molecule has 12 nitrogen and oxygen atoms in total. The van der Waals surface area contributed by atoms with Crippen molar-refractivity contribution in [2.24, 2.45) is 0 Å². The number of carbonyl (C=O) groups is 1. The van der Waals surface area contributed by atoms with Gasteiger partial charge in [0.05, 0.1) is 19.2 Å². The number of hydrogen-bond acceptors (Lipinski definition) is 13. The van der Waals surface area contributed by atoms with Crippen molar-refractivity contribution in [1.29, 1.82) is 0 Å². The first-order valence-corrected chi connectivity index (χ1v) is 9.22. The number of rotatable bonds is 10. The van der Waals surface area contributed by atoms with E-state index in [2.05, 4.69) is 13.6 Å². The molecule has 1 aliphatic rings. The number of carbonyl (C=O) groups excluding carboxylic acids is 1. The average molecular weight is 425 g/mol. The van der Waals surface area contributed by atoms with Gasteiger partial charge in [0.15, 0.2) is 12.3 Å². The van der Waals surface area contributed by atoms with Crippen LogP contribution in [0.5, 0.6) is 0 Å². The third kappa shape index (κ3) is 6.96. The molecule has 0 amide bonds. The molecule has 1 aromatic carbocycles. The van der Waals surface area contributed by atoms with E-state index in [1.54, 1.807) is 30.3 Å². The molecule has 1 aliphatic heterocycles. The van der Waals surface area contributed by atoms with Crippen molar-refractivity contribution in [1.82, 2.24) is 0 Å². The maximum atomic E-state index is 11.3. The van der Waals surface area contributed by atoms with Gasteiger partial charge in [-0.2, -0.15) is 0 Å². The quantitative estimate of drug-likeness (QED) is 0.0980. The molecular formula is C13H13O12S2-3. The molecule has 4 atom stereocenters. The summed E-state index contributed by atoms with van der Waals surface area (Å²) < 4.78 is 56.6. The van der Waals surface area contributed by atoms with Gasteiger partial charge in [0.1, 0.15) is 24.4 Å². The normalized spacial score (nSPS) is 26.0. The zero-order valence-electron chi connectivity index (χ0n) is 13.3. The lowest BCUT2D eigenvalue weighted by Gasteiger charge is -2.41. The Morgan fingerprint density at radius 3 is 2.56 bits per heavy atom. The zero-order chi connectivity index (χ0) is 19.9. The fraction of sp³-hybridized carbons (Fsp3) is 0.462. The number of benzene rings is 1. The number of ether oxygens (including phenoxy) is 2. The standard InChI is InChI=1S/C13H16O12S2/c14-13(15)12-11(22-26-25-24-16)10(9(7-21-12)23-27(17,18)19)20-6-8-4-2-1-3-5-8/h1-5,9-12,16H,6-7H2,(H,14,15)(H,17,18,19)/p-3/t9?,10-,11-,12?/m1/s1. The van der Waals surface area contributed by atoms with Gasteiger partial charge in [0, 0.05) is 0 Å². The molecule has 1 saturated heterocycles. The Kier molecular flexibility index (Phi) is 8.36. The van der Waals surface area contributed by atoms with Gasteiger partial charge in [0.2, 0.25) is 10.4 Å². The first-order chi connectivity index (χ1) is 12.8. The third-order valence-electron chi connectivity index (χ3n) is 3.39. The van der Waals surface area contributed by atoms with E-state index in [4.69, 9.17) is 13.7 Å². The molecule has 27 heavy (non-hydrogen) atoms. The van der Waals surface area contributed by atoms with Gasteiger partial charge in [-0.15, -0.1) is 4.33 Å². The van der Waals surface area contributed by atoms with Crippen molar-refractivity contribution in [2.45, 2.75) is 31.0 Å². The van der Waals surface area contributed by atoms with Crippen molar-refractivity contribution >= 4 is 28.7 Å². The number of carboxylic acid groups (broad SMARTS) is 1. The summed E-state index contributed by atoms with van der Waals surface area (Å²) in [6.45, 7) is -0.712. The Labute approximate surface area is 158 Å². The topological polar surface area (TPSA) is 176 Å². The monoisotopic (exact) mass is 425 g/mol. The minimum Gasteiger partial charge on any atom is -0.726 e.